The molecule has 10 heteroatoms. The maximum Gasteiger partial charge on any atom is 0.460 e. The van der Waals surface area contributed by atoms with E-state index in [1.54, 1.807) is 0 Å². The second-order valence-corrected chi connectivity index (χ2v) is 5.50. The molecule has 1 aromatic rings. The number of aliphatic hydroxyl groups excluding tert-OH is 1. The predicted molar refractivity (Wildman–Crippen MR) is 66.1 cm³/mol. The molecule has 1 N–H and O–H groups in total. The molecule has 1 aromatic carbocycles. The Bertz CT molecular complexity index is 578. The van der Waals surface area contributed by atoms with Crippen LogP contribution in [-0.2, 0) is 5.92 Å². The quantitative estimate of drug-likeness (QED) is 0.700. The van der Waals surface area contributed by atoms with Gasteiger partial charge in [0.2, 0.25) is 0 Å². The van der Waals surface area contributed by atoms with E-state index in [1.165, 1.54) is 13.8 Å². The Morgan fingerprint density at radius 3 is 1.67 bits per heavy atom. The molecular weight excluding hydrogens is 355 g/mol. The van der Waals surface area contributed by atoms with Crippen molar-refractivity contribution in [2.75, 3.05) is 0 Å². The standard InChI is InChI=1S/C14H13F9O/c1-7(2)10(24)8-5-3-4-6-9(8)11(15,16)12(17,18)13(19,20)14(21,22)23/h3-7,10,24H,1-2H3. The SMILES string of the molecule is CC(C)C(O)c1ccccc1C(F)(F)C(F)(F)C(F)(F)C(F)(F)F. The van der Waals surface area contributed by atoms with Gasteiger partial charge in [0.1, 0.15) is 0 Å². The minimum absolute atomic E-state index is 0.279. The molecule has 0 amide bonds. The maximum atomic E-state index is 14.0. The lowest BCUT2D eigenvalue weighted by Gasteiger charge is -2.35. The summed E-state index contributed by atoms with van der Waals surface area (Å²) in [6.45, 7) is 2.64. The Kier molecular flexibility index (Phi) is 5.25. The maximum absolute atomic E-state index is 14.0. The van der Waals surface area contributed by atoms with Gasteiger partial charge in [0.25, 0.3) is 0 Å². The van der Waals surface area contributed by atoms with Crippen molar-refractivity contribution in [1.29, 1.82) is 0 Å². The van der Waals surface area contributed by atoms with E-state index in [-0.39, 0.29) is 6.07 Å². The normalized spacial score (nSPS) is 15.7. The molecule has 24 heavy (non-hydrogen) atoms. The third-order valence-electron chi connectivity index (χ3n) is 3.39. The Labute approximate surface area is 131 Å². The van der Waals surface area contributed by atoms with Gasteiger partial charge in [-0.1, -0.05) is 38.1 Å². The smallest absolute Gasteiger partial charge is 0.388 e. The third kappa shape index (κ3) is 3.07. The first-order valence-corrected chi connectivity index (χ1v) is 6.56. The molecule has 1 rings (SSSR count). The van der Waals surface area contributed by atoms with Gasteiger partial charge in [-0.15, -0.1) is 0 Å². The second kappa shape index (κ2) is 6.12. The number of aliphatic hydroxyl groups is 1. The molecule has 0 aliphatic rings. The summed E-state index contributed by atoms with van der Waals surface area (Å²) >= 11 is 0. The zero-order chi connectivity index (χ0) is 19.1. The van der Waals surface area contributed by atoms with Crippen molar-refractivity contribution in [3.8, 4) is 0 Å². The predicted octanol–water partition coefficient (Wildman–Crippen LogP) is 5.30. The van der Waals surface area contributed by atoms with Gasteiger partial charge < -0.3 is 5.11 Å². The molecule has 0 aliphatic carbocycles. The van der Waals surface area contributed by atoms with Crippen molar-refractivity contribution in [2.24, 2.45) is 5.92 Å². The molecule has 1 nitrogen and oxygen atoms in total. The van der Waals surface area contributed by atoms with E-state index in [9.17, 15) is 44.6 Å². The molecule has 0 saturated carbocycles. The number of halogens is 9. The molecule has 0 aromatic heterocycles. The van der Waals surface area contributed by atoms with Crippen molar-refractivity contribution in [1.82, 2.24) is 0 Å². The molecule has 0 aliphatic heterocycles. The van der Waals surface area contributed by atoms with Gasteiger partial charge in [0, 0.05) is 5.56 Å². The van der Waals surface area contributed by atoms with E-state index in [4.69, 9.17) is 0 Å². The fourth-order valence-electron chi connectivity index (χ4n) is 1.94. The van der Waals surface area contributed by atoms with Crippen LogP contribution in [0.4, 0.5) is 39.5 Å². The fourth-order valence-corrected chi connectivity index (χ4v) is 1.94. The van der Waals surface area contributed by atoms with Gasteiger partial charge >= 0.3 is 23.9 Å². The van der Waals surface area contributed by atoms with E-state index < -0.39 is 47.1 Å². The van der Waals surface area contributed by atoms with Crippen LogP contribution in [0.15, 0.2) is 24.3 Å². The molecule has 0 heterocycles. The Hall–Kier alpha value is -1.45. The second-order valence-electron chi connectivity index (χ2n) is 5.50. The summed E-state index contributed by atoms with van der Waals surface area (Å²) in [5.41, 5.74) is -2.64. The van der Waals surface area contributed by atoms with Crippen LogP contribution in [0.5, 0.6) is 0 Å². The highest BCUT2D eigenvalue weighted by Crippen LogP contribution is 2.57. The van der Waals surface area contributed by atoms with E-state index in [0.717, 1.165) is 18.2 Å². The van der Waals surface area contributed by atoms with Crippen LogP contribution in [0.2, 0.25) is 0 Å². The number of hydrogen-bond donors (Lipinski definition) is 1. The van der Waals surface area contributed by atoms with Gasteiger partial charge in [-0.05, 0) is 11.5 Å². The zero-order valence-corrected chi connectivity index (χ0v) is 12.3. The summed E-state index contributed by atoms with van der Waals surface area (Å²) in [6.07, 6.45) is -8.65. The lowest BCUT2D eigenvalue weighted by atomic mass is 9.88. The largest absolute Gasteiger partial charge is 0.460 e. The van der Waals surface area contributed by atoms with Crippen LogP contribution in [0.1, 0.15) is 31.1 Å². The summed E-state index contributed by atoms with van der Waals surface area (Å²) in [6, 6.07) is 2.86. The summed E-state index contributed by atoms with van der Waals surface area (Å²) in [4.78, 5) is 0. The van der Waals surface area contributed by atoms with Gasteiger partial charge in [0.05, 0.1) is 6.10 Å². The van der Waals surface area contributed by atoms with Crippen molar-refractivity contribution in [3.05, 3.63) is 35.4 Å². The highest BCUT2D eigenvalue weighted by Gasteiger charge is 2.82. The van der Waals surface area contributed by atoms with Crippen LogP contribution in [0.25, 0.3) is 0 Å². The van der Waals surface area contributed by atoms with Gasteiger partial charge in [-0.2, -0.15) is 39.5 Å². The molecule has 1 unspecified atom stereocenters. The van der Waals surface area contributed by atoms with Gasteiger partial charge in [-0.25, -0.2) is 0 Å². The van der Waals surface area contributed by atoms with Crippen LogP contribution in [0.3, 0.4) is 0 Å². The Morgan fingerprint density at radius 1 is 0.792 bits per heavy atom. The van der Waals surface area contributed by atoms with Crippen molar-refractivity contribution < 1.29 is 44.6 Å². The number of benzene rings is 1. The minimum atomic E-state index is -6.97. The van der Waals surface area contributed by atoms with Crippen LogP contribution < -0.4 is 0 Å². The number of rotatable bonds is 5. The van der Waals surface area contributed by atoms with E-state index in [1.807, 2.05) is 0 Å². The molecule has 0 radical (unpaired) electrons. The monoisotopic (exact) mass is 368 g/mol. The number of hydrogen-bond acceptors (Lipinski definition) is 1. The fraction of sp³-hybridized carbons (Fsp3) is 0.571. The summed E-state index contributed by atoms with van der Waals surface area (Å²) < 4.78 is 117. The van der Waals surface area contributed by atoms with Crippen molar-refractivity contribution >= 4 is 0 Å². The van der Waals surface area contributed by atoms with Crippen LogP contribution in [-0.4, -0.2) is 23.1 Å². The molecular formula is C14H13F9O. The van der Waals surface area contributed by atoms with Gasteiger partial charge in [-0.3, -0.25) is 0 Å². The van der Waals surface area contributed by atoms with E-state index in [0.29, 0.717) is 0 Å². The Balaban J connectivity index is 3.56. The minimum Gasteiger partial charge on any atom is -0.388 e. The molecule has 0 bridgehead atoms. The van der Waals surface area contributed by atoms with E-state index in [2.05, 4.69) is 0 Å². The first-order valence-electron chi connectivity index (χ1n) is 6.56. The lowest BCUT2D eigenvalue weighted by Crippen LogP contribution is -2.59. The molecule has 138 valence electrons. The molecule has 0 spiro atoms. The van der Waals surface area contributed by atoms with Crippen molar-refractivity contribution in [3.63, 3.8) is 0 Å². The number of alkyl halides is 9. The average molecular weight is 368 g/mol. The van der Waals surface area contributed by atoms with Gasteiger partial charge in [0.15, 0.2) is 0 Å². The summed E-state index contributed by atoms with van der Waals surface area (Å²) in [7, 11) is 0. The molecule has 1 atom stereocenters. The zero-order valence-electron chi connectivity index (χ0n) is 12.3. The molecule has 0 saturated heterocycles. The summed E-state index contributed by atoms with van der Waals surface area (Å²) in [5, 5.41) is 9.78. The molecule has 0 fully saturated rings. The Morgan fingerprint density at radius 2 is 1.25 bits per heavy atom. The van der Waals surface area contributed by atoms with Crippen LogP contribution >= 0.6 is 0 Å². The highest BCUT2D eigenvalue weighted by atomic mass is 19.4. The highest BCUT2D eigenvalue weighted by molar-refractivity contribution is 5.35. The topological polar surface area (TPSA) is 20.2 Å². The first kappa shape index (κ1) is 20.6. The van der Waals surface area contributed by atoms with E-state index >= 15 is 0 Å². The van der Waals surface area contributed by atoms with Crippen LogP contribution in [0, 0.1) is 5.92 Å². The average Bonchev–Trinajstić information content (AvgIpc) is 2.44. The van der Waals surface area contributed by atoms with Crippen molar-refractivity contribution in [2.45, 2.75) is 43.9 Å². The lowest BCUT2D eigenvalue weighted by molar-refractivity contribution is -0.399. The first-order chi connectivity index (χ1) is 10.6. The third-order valence-corrected chi connectivity index (χ3v) is 3.39. The summed E-state index contributed by atoms with van der Waals surface area (Å²) in [5.74, 6) is -20.4.